The standard InChI is InChI=1S/C24H23N5O3/c1-16-6-2-3-9-19(16)23-26-22(32-28-23)12-17-7-5-11-29(15-17)24(30)20-13-21(31-27-20)18-8-4-10-25-14-18/h2-4,6,8-10,13-14,17H,5,7,11-12,15H2,1H3/t17-/m1/s1. The number of amides is 1. The SMILES string of the molecule is Cc1ccccc1-c1noc(C[C@H]2CCCN(C(=O)c3cc(-c4cccnc4)on3)C2)n1. The van der Waals surface area contributed by atoms with Crippen molar-refractivity contribution in [3.63, 3.8) is 0 Å². The molecule has 0 radical (unpaired) electrons. The molecule has 4 heterocycles. The summed E-state index contributed by atoms with van der Waals surface area (Å²) in [6, 6.07) is 13.3. The Morgan fingerprint density at radius 3 is 2.91 bits per heavy atom. The molecule has 8 heteroatoms. The van der Waals surface area contributed by atoms with Crippen LogP contribution in [-0.2, 0) is 6.42 Å². The van der Waals surface area contributed by atoms with Gasteiger partial charge in [-0.05, 0) is 43.4 Å². The van der Waals surface area contributed by atoms with Crippen LogP contribution in [0.3, 0.4) is 0 Å². The third-order valence-electron chi connectivity index (χ3n) is 5.80. The summed E-state index contributed by atoms with van der Waals surface area (Å²) in [7, 11) is 0. The van der Waals surface area contributed by atoms with Gasteiger partial charge in [0, 0.05) is 49.1 Å². The average Bonchev–Trinajstić information content (AvgIpc) is 3.50. The fourth-order valence-corrected chi connectivity index (χ4v) is 4.12. The lowest BCUT2D eigenvalue weighted by Gasteiger charge is -2.31. The number of pyridine rings is 1. The number of likely N-dealkylation sites (tertiary alicyclic amines) is 1. The fourth-order valence-electron chi connectivity index (χ4n) is 4.12. The molecule has 0 N–H and O–H groups in total. The molecule has 0 spiro atoms. The Morgan fingerprint density at radius 1 is 1.16 bits per heavy atom. The summed E-state index contributed by atoms with van der Waals surface area (Å²) < 4.78 is 10.9. The first kappa shape index (κ1) is 20.1. The summed E-state index contributed by atoms with van der Waals surface area (Å²) in [4.78, 5) is 23.5. The zero-order valence-electron chi connectivity index (χ0n) is 17.8. The summed E-state index contributed by atoms with van der Waals surface area (Å²) >= 11 is 0. The molecule has 1 amide bonds. The molecule has 162 valence electrons. The van der Waals surface area contributed by atoms with Gasteiger partial charge >= 0.3 is 0 Å². The monoisotopic (exact) mass is 429 g/mol. The molecule has 1 atom stereocenters. The molecule has 32 heavy (non-hydrogen) atoms. The predicted molar refractivity (Wildman–Crippen MR) is 117 cm³/mol. The molecule has 1 saturated heterocycles. The number of hydrogen-bond donors (Lipinski definition) is 0. The topological polar surface area (TPSA) is 98.2 Å². The summed E-state index contributed by atoms with van der Waals surface area (Å²) in [6.07, 6.45) is 5.94. The summed E-state index contributed by atoms with van der Waals surface area (Å²) in [6.45, 7) is 3.35. The van der Waals surface area contributed by atoms with Crippen LogP contribution in [0.25, 0.3) is 22.7 Å². The van der Waals surface area contributed by atoms with Gasteiger partial charge < -0.3 is 13.9 Å². The number of aryl methyl sites for hydroxylation is 1. The lowest BCUT2D eigenvalue weighted by Crippen LogP contribution is -2.40. The zero-order valence-corrected chi connectivity index (χ0v) is 17.8. The summed E-state index contributed by atoms with van der Waals surface area (Å²) in [5.74, 6) is 1.86. The van der Waals surface area contributed by atoms with Gasteiger partial charge in [0.2, 0.25) is 11.7 Å². The normalized spacial score (nSPS) is 16.3. The van der Waals surface area contributed by atoms with Gasteiger partial charge in [-0.1, -0.05) is 34.6 Å². The fraction of sp³-hybridized carbons (Fsp3) is 0.292. The lowest BCUT2D eigenvalue weighted by atomic mass is 9.94. The molecule has 0 saturated carbocycles. The van der Waals surface area contributed by atoms with E-state index in [1.807, 2.05) is 48.2 Å². The Kier molecular flexibility index (Phi) is 5.49. The maximum absolute atomic E-state index is 13.0. The van der Waals surface area contributed by atoms with E-state index < -0.39 is 0 Å². The second kappa shape index (κ2) is 8.74. The van der Waals surface area contributed by atoms with Gasteiger partial charge in [-0.25, -0.2) is 0 Å². The van der Waals surface area contributed by atoms with Crippen molar-refractivity contribution < 1.29 is 13.8 Å². The Hall–Kier alpha value is -3.81. The van der Waals surface area contributed by atoms with Crippen molar-refractivity contribution in [1.29, 1.82) is 0 Å². The maximum Gasteiger partial charge on any atom is 0.276 e. The molecule has 8 nitrogen and oxygen atoms in total. The number of carbonyl (C=O) groups is 1. The summed E-state index contributed by atoms with van der Waals surface area (Å²) in [5, 5.41) is 8.14. The molecule has 4 aromatic rings. The van der Waals surface area contributed by atoms with Crippen molar-refractivity contribution >= 4 is 5.91 Å². The highest BCUT2D eigenvalue weighted by molar-refractivity contribution is 5.93. The Bertz CT molecular complexity index is 1220. The molecular formula is C24H23N5O3. The largest absolute Gasteiger partial charge is 0.355 e. The van der Waals surface area contributed by atoms with E-state index in [-0.39, 0.29) is 11.8 Å². The Balaban J connectivity index is 1.25. The minimum Gasteiger partial charge on any atom is -0.355 e. The number of rotatable bonds is 5. The van der Waals surface area contributed by atoms with Crippen LogP contribution >= 0.6 is 0 Å². The number of carbonyl (C=O) groups excluding carboxylic acids is 1. The number of hydrogen-bond acceptors (Lipinski definition) is 7. The molecule has 1 aliphatic rings. The smallest absolute Gasteiger partial charge is 0.276 e. The van der Waals surface area contributed by atoms with Crippen LogP contribution in [-0.4, -0.2) is 44.2 Å². The van der Waals surface area contributed by atoms with Crippen LogP contribution in [0, 0.1) is 12.8 Å². The number of benzene rings is 1. The van der Waals surface area contributed by atoms with E-state index >= 15 is 0 Å². The average molecular weight is 429 g/mol. The zero-order chi connectivity index (χ0) is 21.9. The first-order chi connectivity index (χ1) is 15.7. The van der Waals surface area contributed by atoms with Crippen LogP contribution < -0.4 is 0 Å². The van der Waals surface area contributed by atoms with Gasteiger partial charge in [0.1, 0.15) is 0 Å². The molecule has 0 unspecified atom stereocenters. The first-order valence-electron chi connectivity index (χ1n) is 10.7. The van der Waals surface area contributed by atoms with Crippen LogP contribution in [0.15, 0.2) is 63.9 Å². The van der Waals surface area contributed by atoms with E-state index in [0.717, 1.165) is 29.5 Å². The van der Waals surface area contributed by atoms with E-state index in [0.29, 0.717) is 42.7 Å². The quantitative estimate of drug-likeness (QED) is 0.469. The van der Waals surface area contributed by atoms with E-state index in [4.69, 9.17) is 9.05 Å². The minimum atomic E-state index is -0.125. The van der Waals surface area contributed by atoms with Crippen molar-refractivity contribution in [3.05, 3.63) is 72.0 Å². The van der Waals surface area contributed by atoms with Crippen molar-refractivity contribution in [3.8, 4) is 22.7 Å². The van der Waals surface area contributed by atoms with E-state index in [1.165, 1.54) is 0 Å². The summed E-state index contributed by atoms with van der Waals surface area (Å²) in [5.41, 5.74) is 3.17. The van der Waals surface area contributed by atoms with Crippen LogP contribution in [0.2, 0.25) is 0 Å². The molecule has 1 fully saturated rings. The maximum atomic E-state index is 13.0. The second-order valence-corrected chi connectivity index (χ2v) is 8.11. The van der Waals surface area contributed by atoms with Crippen molar-refractivity contribution in [2.24, 2.45) is 5.92 Å². The Morgan fingerprint density at radius 2 is 2.06 bits per heavy atom. The van der Waals surface area contributed by atoms with E-state index in [2.05, 4.69) is 20.3 Å². The van der Waals surface area contributed by atoms with Gasteiger partial charge in [-0.3, -0.25) is 9.78 Å². The highest BCUT2D eigenvalue weighted by Crippen LogP contribution is 2.25. The van der Waals surface area contributed by atoms with Crippen LogP contribution in [0.4, 0.5) is 0 Å². The molecule has 0 bridgehead atoms. The van der Waals surface area contributed by atoms with Crippen LogP contribution in [0.1, 0.15) is 34.8 Å². The molecule has 0 aliphatic carbocycles. The molecule has 1 aromatic carbocycles. The number of nitrogens with zero attached hydrogens (tertiary/aromatic N) is 5. The molecular weight excluding hydrogens is 406 g/mol. The van der Waals surface area contributed by atoms with Crippen molar-refractivity contribution in [1.82, 2.24) is 25.2 Å². The van der Waals surface area contributed by atoms with Gasteiger partial charge in [-0.15, -0.1) is 0 Å². The highest BCUT2D eigenvalue weighted by Gasteiger charge is 2.28. The predicted octanol–water partition coefficient (Wildman–Crippen LogP) is 4.19. The van der Waals surface area contributed by atoms with Gasteiger partial charge in [0.25, 0.3) is 5.91 Å². The molecule has 3 aromatic heterocycles. The molecule has 5 rings (SSSR count). The van der Waals surface area contributed by atoms with Gasteiger partial charge in [-0.2, -0.15) is 4.98 Å². The van der Waals surface area contributed by atoms with Crippen molar-refractivity contribution in [2.45, 2.75) is 26.2 Å². The first-order valence-corrected chi connectivity index (χ1v) is 10.7. The van der Waals surface area contributed by atoms with Crippen LogP contribution in [0.5, 0.6) is 0 Å². The molecule has 1 aliphatic heterocycles. The van der Waals surface area contributed by atoms with Crippen molar-refractivity contribution in [2.75, 3.05) is 13.1 Å². The highest BCUT2D eigenvalue weighted by atomic mass is 16.5. The number of piperidine rings is 1. The Labute approximate surface area is 185 Å². The third-order valence-corrected chi connectivity index (χ3v) is 5.80. The van der Waals surface area contributed by atoms with E-state index in [1.54, 1.807) is 18.5 Å². The minimum absolute atomic E-state index is 0.125. The number of aromatic nitrogens is 4. The van der Waals surface area contributed by atoms with Gasteiger partial charge in [0.05, 0.1) is 0 Å². The lowest BCUT2D eigenvalue weighted by molar-refractivity contribution is 0.0658. The van der Waals surface area contributed by atoms with E-state index in [9.17, 15) is 4.79 Å². The van der Waals surface area contributed by atoms with Gasteiger partial charge in [0.15, 0.2) is 11.5 Å². The third kappa shape index (κ3) is 4.16. The second-order valence-electron chi connectivity index (χ2n) is 8.11.